The number of thioether (sulfide) groups is 2. The maximum atomic E-state index is 11.7. The molecule has 9 aromatic rings. The SMILES string of the molecule is CS(=O)c1ccccc1-c1ccc(Br)cc1Cl.CSc1ccccc1-c1ccc(Br)cc1Cl.CSc1ccccc1B(O)O.Clc1cc(Br)cc2sc3ccccc3c12.Clc1cc(Br)ccc1I.O=S(=O)(O)O. The van der Waals surface area contributed by atoms with E-state index in [4.69, 9.17) is 74.0 Å². The lowest BCUT2D eigenvalue weighted by molar-refractivity contribution is 0.380. The minimum atomic E-state index is -4.67. The van der Waals surface area contributed by atoms with Crippen molar-refractivity contribution in [3.8, 4) is 22.3 Å². The summed E-state index contributed by atoms with van der Waals surface area (Å²) in [5, 5.41) is 23.2. The largest absolute Gasteiger partial charge is 0.489 e. The Morgan fingerprint density at radius 2 is 1.00 bits per heavy atom. The molecule has 0 radical (unpaired) electrons. The van der Waals surface area contributed by atoms with Gasteiger partial charge < -0.3 is 10.0 Å². The minimum absolute atomic E-state index is 0.569. The number of halogens is 9. The number of hydrogen-bond acceptors (Lipinski definition) is 8. The molecule has 4 N–H and O–H groups in total. The summed E-state index contributed by atoms with van der Waals surface area (Å²) in [6.07, 6.45) is 5.65. The van der Waals surface area contributed by atoms with Crippen molar-refractivity contribution in [1.29, 1.82) is 0 Å². The molecule has 22 heteroatoms. The molecule has 0 aliphatic carbocycles. The fraction of sp³-hybridized carbons (Fsp3) is 0.0588. The van der Waals surface area contributed by atoms with Crippen molar-refractivity contribution < 1.29 is 31.8 Å². The van der Waals surface area contributed by atoms with Crippen molar-refractivity contribution in [2.75, 3.05) is 18.8 Å². The summed E-state index contributed by atoms with van der Waals surface area (Å²) in [5.41, 5.74) is 4.66. The monoisotopic (exact) mass is 1520 g/mol. The van der Waals surface area contributed by atoms with E-state index < -0.39 is 28.3 Å². The van der Waals surface area contributed by atoms with Crippen LogP contribution in [0, 0.1) is 3.57 Å². The quantitative estimate of drug-likeness (QED) is 0.0422. The standard InChI is InChI=1S/C13H10BrClOS.C13H10BrClS.C12H6BrClS.C7H9BO2S.C6H3BrClI.H2O4S/c1-17(16)13-5-3-2-4-11(13)10-7-6-9(14)8-12(10)15;1-16-13-5-3-2-4-11(13)10-7-6-9(14)8-12(10)15;13-7-5-9(14)12-8-3-1-2-4-10(8)15-11(12)6-7;1-11-7-5-3-2-4-6(7)8(9)10;7-4-1-2-6(9)5(8)3-4;1-5(2,3)4/h2-8H,1H3;2-8H,1H3;1-6H;2-5,9-10H,1H3;1-3H;(H2,1,2,3,4). The molecule has 1 atom stereocenters. The third-order valence-corrected chi connectivity index (χ3v) is 17.6. The van der Waals surface area contributed by atoms with Crippen molar-refractivity contribution in [2.45, 2.75) is 14.7 Å². The first-order valence-electron chi connectivity index (χ1n) is 20.5. The zero-order chi connectivity index (χ0) is 54.0. The van der Waals surface area contributed by atoms with Gasteiger partial charge in [0.15, 0.2) is 0 Å². The summed E-state index contributed by atoms with van der Waals surface area (Å²) in [6.45, 7) is 0. The van der Waals surface area contributed by atoms with Crippen LogP contribution in [-0.2, 0) is 21.2 Å². The van der Waals surface area contributed by atoms with Gasteiger partial charge in [0, 0.05) is 83.7 Å². The molecule has 1 aromatic heterocycles. The molecule has 0 spiro atoms. The Bertz CT molecular complexity index is 3430. The first kappa shape index (κ1) is 64.0. The topological polar surface area (TPSA) is 132 Å². The number of hydrogen-bond donors (Lipinski definition) is 4. The van der Waals surface area contributed by atoms with Gasteiger partial charge in [0.25, 0.3) is 0 Å². The lowest BCUT2D eigenvalue weighted by Crippen LogP contribution is -2.31. The fourth-order valence-corrected chi connectivity index (χ4v) is 13.2. The van der Waals surface area contributed by atoms with E-state index in [1.165, 1.54) is 42.4 Å². The highest BCUT2D eigenvalue weighted by Gasteiger charge is 2.15. The van der Waals surface area contributed by atoms with Crippen LogP contribution in [0.25, 0.3) is 42.4 Å². The molecule has 0 saturated heterocycles. The molecular weight excluding hydrogens is 1480 g/mol. The highest BCUT2D eigenvalue weighted by Crippen LogP contribution is 2.40. The normalized spacial score (nSPS) is 11.0. The molecule has 0 bridgehead atoms. The van der Waals surface area contributed by atoms with Crippen LogP contribution in [0.2, 0.25) is 20.1 Å². The number of rotatable bonds is 6. The molecule has 0 amide bonds. The van der Waals surface area contributed by atoms with Gasteiger partial charge in [0.05, 0.1) is 20.8 Å². The predicted octanol–water partition coefficient (Wildman–Crippen LogP) is 18.6. The molecule has 382 valence electrons. The zero-order valence-electron chi connectivity index (χ0n) is 38.1. The van der Waals surface area contributed by atoms with E-state index in [9.17, 15) is 4.21 Å². The van der Waals surface area contributed by atoms with Gasteiger partial charge in [-0.2, -0.15) is 8.42 Å². The van der Waals surface area contributed by atoms with E-state index in [2.05, 4.69) is 129 Å². The highest BCUT2D eigenvalue weighted by atomic mass is 127. The van der Waals surface area contributed by atoms with Gasteiger partial charge in [-0.3, -0.25) is 13.3 Å². The van der Waals surface area contributed by atoms with E-state index in [1.807, 2.05) is 122 Å². The molecule has 7 nitrogen and oxygen atoms in total. The van der Waals surface area contributed by atoms with Gasteiger partial charge in [0.1, 0.15) is 0 Å². The molecule has 9 rings (SSSR count). The van der Waals surface area contributed by atoms with Crippen LogP contribution < -0.4 is 5.46 Å². The van der Waals surface area contributed by atoms with E-state index in [1.54, 1.807) is 41.5 Å². The number of thiophene rings is 1. The van der Waals surface area contributed by atoms with Crippen molar-refractivity contribution in [1.82, 2.24) is 0 Å². The molecule has 1 heterocycles. The second-order valence-corrected chi connectivity index (χ2v) is 25.9. The van der Waals surface area contributed by atoms with Gasteiger partial charge in [-0.15, -0.1) is 34.9 Å². The Hall–Kier alpha value is -1.51. The Labute approximate surface area is 508 Å². The van der Waals surface area contributed by atoms with Crippen LogP contribution in [0.3, 0.4) is 0 Å². The van der Waals surface area contributed by atoms with Crippen LogP contribution >= 0.6 is 168 Å². The maximum absolute atomic E-state index is 11.7. The maximum Gasteiger partial charge on any atom is 0.489 e. The average molecular weight is 1520 g/mol. The molecule has 1 unspecified atom stereocenters. The van der Waals surface area contributed by atoms with E-state index in [0.717, 1.165) is 63.0 Å². The summed E-state index contributed by atoms with van der Waals surface area (Å²) in [6, 6.07) is 53.0. The molecule has 8 aromatic carbocycles. The van der Waals surface area contributed by atoms with Crippen LogP contribution in [-0.4, -0.2) is 57.7 Å². The molecule has 0 saturated carbocycles. The van der Waals surface area contributed by atoms with E-state index >= 15 is 0 Å². The van der Waals surface area contributed by atoms with Gasteiger partial charge in [-0.1, -0.05) is 195 Å². The van der Waals surface area contributed by atoms with Crippen molar-refractivity contribution in [3.05, 3.63) is 205 Å². The smallest absolute Gasteiger partial charge is 0.423 e. The van der Waals surface area contributed by atoms with Gasteiger partial charge >= 0.3 is 17.5 Å². The summed E-state index contributed by atoms with van der Waals surface area (Å²) in [5.74, 6) is 0. The Kier molecular flexibility index (Phi) is 27.9. The highest BCUT2D eigenvalue weighted by molar-refractivity contribution is 14.1. The second kappa shape index (κ2) is 31.8. The summed E-state index contributed by atoms with van der Waals surface area (Å²) < 4.78 is 50.8. The zero-order valence-corrected chi connectivity index (χ0v) is 53.7. The second-order valence-electron chi connectivity index (χ2n) is 14.4. The van der Waals surface area contributed by atoms with Crippen molar-refractivity contribution in [3.63, 3.8) is 0 Å². The average Bonchev–Trinajstić information content (AvgIpc) is 3.72. The van der Waals surface area contributed by atoms with Crippen molar-refractivity contribution >= 4 is 222 Å². The predicted molar refractivity (Wildman–Crippen MR) is 339 cm³/mol. The summed E-state index contributed by atoms with van der Waals surface area (Å²) >= 11 is 45.3. The lowest BCUT2D eigenvalue weighted by atomic mass is 9.80. The van der Waals surface area contributed by atoms with Crippen LogP contribution in [0.15, 0.2) is 196 Å². The first-order valence-corrected chi connectivity index (χ1v) is 32.5. The fourth-order valence-electron chi connectivity index (χ4n) is 6.35. The first-order chi connectivity index (χ1) is 34.5. The molecule has 73 heavy (non-hydrogen) atoms. The summed E-state index contributed by atoms with van der Waals surface area (Å²) in [7, 11) is -7.05. The molecule has 0 aliphatic rings. The number of benzene rings is 8. The summed E-state index contributed by atoms with van der Waals surface area (Å²) in [4.78, 5) is 2.95. The lowest BCUT2D eigenvalue weighted by Gasteiger charge is -2.09. The molecule has 0 fully saturated rings. The van der Waals surface area contributed by atoms with Crippen LogP contribution in [0.4, 0.5) is 0 Å². The van der Waals surface area contributed by atoms with Gasteiger partial charge in [-0.25, -0.2) is 0 Å². The van der Waals surface area contributed by atoms with Crippen LogP contribution in [0.1, 0.15) is 0 Å². The van der Waals surface area contributed by atoms with Gasteiger partial charge in [0.2, 0.25) is 0 Å². The number of fused-ring (bicyclic) bond motifs is 3. The molecule has 0 aliphatic heterocycles. The minimum Gasteiger partial charge on any atom is -0.423 e. The molecular formula is C51H40BBr4Cl4IO7S5. The van der Waals surface area contributed by atoms with E-state index in [-0.39, 0.29) is 0 Å². The Morgan fingerprint density at radius 3 is 1.51 bits per heavy atom. The Balaban J connectivity index is 0.000000196. The van der Waals surface area contributed by atoms with Crippen molar-refractivity contribution in [2.24, 2.45) is 0 Å². The van der Waals surface area contributed by atoms with E-state index in [0.29, 0.717) is 10.5 Å². The third kappa shape index (κ3) is 21.0. The third-order valence-electron chi connectivity index (χ3n) is 9.44. The Morgan fingerprint density at radius 1 is 0.548 bits per heavy atom. The van der Waals surface area contributed by atoms with Crippen LogP contribution in [0.5, 0.6) is 0 Å². The van der Waals surface area contributed by atoms with Gasteiger partial charge in [-0.05, 0) is 131 Å².